The van der Waals surface area contributed by atoms with E-state index in [-0.39, 0.29) is 18.1 Å². The minimum Gasteiger partial charge on any atom is -0.482 e. The summed E-state index contributed by atoms with van der Waals surface area (Å²) in [6.45, 7) is 1.97. The van der Waals surface area contributed by atoms with Crippen LogP contribution in [-0.2, 0) is 4.74 Å². The first-order valence-corrected chi connectivity index (χ1v) is 5.17. The molecule has 1 aromatic heterocycles. The molecule has 1 rings (SSSR count). The van der Waals surface area contributed by atoms with Gasteiger partial charge in [0.2, 0.25) is 0 Å². The average molecular weight is 263 g/mol. The molecule has 1 heterocycles. The Hall–Kier alpha value is -1.79. The topological polar surface area (TPSA) is 48.4 Å². The Bertz CT molecular complexity index is 432. The van der Waals surface area contributed by atoms with Crippen molar-refractivity contribution < 1.29 is 27.4 Å². The lowest BCUT2D eigenvalue weighted by Crippen LogP contribution is -2.19. The summed E-state index contributed by atoms with van der Waals surface area (Å²) in [5.41, 5.74) is 0.422. The standard InChI is InChI=1S/C11H12F3NO3/c1-3-17-10(16)8-4-7(2)9(5-15-8)18-6-11(12,13)14/h4-5H,3,6H2,1-2H3. The molecule has 7 heteroatoms. The van der Waals surface area contributed by atoms with E-state index >= 15 is 0 Å². The molecule has 0 N–H and O–H groups in total. The maximum absolute atomic E-state index is 12.0. The van der Waals surface area contributed by atoms with Crippen LogP contribution in [0.1, 0.15) is 23.0 Å². The van der Waals surface area contributed by atoms with Crippen LogP contribution < -0.4 is 4.74 Å². The van der Waals surface area contributed by atoms with E-state index in [0.717, 1.165) is 6.20 Å². The van der Waals surface area contributed by atoms with Gasteiger partial charge < -0.3 is 9.47 Å². The lowest BCUT2D eigenvalue weighted by Gasteiger charge is -2.11. The van der Waals surface area contributed by atoms with Crippen LogP contribution >= 0.6 is 0 Å². The molecule has 0 aliphatic rings. The molecule has 100 valence electrons. The van der Waals surface area contributed by atoms with E-state index in [1.54, 1.807) is 6.92 Å². The molecule has 18 heavy (non-hydrogen) atoms. The smallest absolute Gasteiger partial charge is 0.422 e. The van der Waals surface area contributed by atoms with Gasteiger partial charge in [0.25, 0.3) is 0 Å². The van der Waals surface area contributed by atoms with E-state index in [9.17, 15) is 18.0 Å². The number of hydrogen-bond donors (Lipinski definition) is 0. The molecule has 0 radical (unpaired) electrons. The van der Waals surface area contributed by atoms with Gasteiger partial charge >= 0.3 is 12.1 Å². The largest absolute Gasteiger partial charge is 0.482 e. The fourth-order valence-electron chi connectivity index (χ4n) is 1.17. The lowest BCUT2D eigenvalue weighted by atomic mass is 10.2. The molecular weight excluding hydrogens is 251 g/mol. The van der Waals surface area contributed by atoms with Crippen LogP contribution in [0.25, 0.3) is 0 Å². The average Bonchev–Trinajstić information content (AvgIpc) is 2.26. The predicted molar refractivity (Wildman–Crippen MR) is 56.5 cm³/mol. The number of aryl methyl sites for hydroxylation is 1. The zero-order valence-electron chi connectivity index (χ0n) is 9.87. The molecule has 0 fully saturated rings. The molecule has 0 saturated carbocycles. The van der Waals surface area contributed by atoms with Crippen molar-refractivity contribution in [3.63, 3.8) is 0 Å². The first-order chi connectivity index (χ1) is 8.33. The second-order valence-electron chi connectivity index (χ2n) is 3.46. The minimum atomic E-state index is -4.41. The van der Waals surface area contributed by atoms with Crippen molar-refractivity contribution in [3.05, 3.63) is 23.5 Å². The highest BCUT2D eigenvalue weighted by atomic mass is 19.4. The Morgan fingerprint density at radius 1 is 1.44 bits per heavy atom. The van der Waals surface area contributed by atoms with Crippen LogP contribution in [0.4, 0.5) is 13.2 Å². The molecule has 1 aromatic rings. The first-order valence-electron chi connectivity index (χ1n) is 5.17. The summed E-state index contributed by atoms with van der Waals surface area (Å²) in [6.07, 6.45) is -3.33. The second kappa shape index (κ2) is 5.70. The number of carbonyl (C=O) groups excluding carboxylic acids is 1. The molecule has 0 atom stereocenters. The van der Waals surface area contributed by atoms with Crippen molar-refractivity contribution in [1.82, 2.24) is 4.98 Å². The van der Waals surface area contributed by atoms with Gasteiger partial charge in [-0.05, 0) is 25.5 Å². The Balaban J connectivity index is 2.77. The van der Waals surface area contributed by atoms with Crippen LogP contribution in [0.3, 0.4) is 0 Å². The quantitative estimate of drug-likeness (QED) is 0.783. The van der Waals surface area contributed by atoms with Crippen molar-refractivity contribution in [2.45, 2.75) is 20.0 Å². The van der Waals surface area contributed by atoms with Gasteiger partial charge in [-0.1, -0.05) is 0 Å². The van der Waals surface area contributed by atoms with Crippen molar-refractivity contribution in [1.29, 1.82) is 0 Å². The van der Waals surface area contributed by atoms with Gasteiger partial charge in [0.1, 0.15) is 11.4 Å². The SMILES string of the molecule is CCOC(=O)c1cc(C)c(OCC(F)(F)F)cn1. The van der Waals surface area contributed by atoms with E-state index in [4.69, 9.17) is 4.74 Å². The van der Waals surface area contributed by atoms with Crippen LogP contribution in [0, 0.1) is 6.92 Å². The van der Waals surface area contributed by atoms with Crippen molar-refractivity contribution in [2.75, 3.05) is 13.2 Å². The Morgan fingerprint density at radius 3 is 2.61 bits per heavy atom. The van der Waals surface area contributed by atoms with Crippen LogP contribution in [0.5, 0.6) is 5.75 Å². The number of pyridine rings is 1. The van der Waals surface area contributed by atoms with E-state index in [2.05, 4.69) is 9.72 Å². The summed E-state index contributed by atoms with van der Waals surface area (Å²) in [5.74, 6) is -0.636. The summed E-state index contributed by atoms with van der Waals surface area (Å²) in [6, 6.07) is 1.32. The maximum atomic E-state index is 12.0. The zero-order valence-corrected chi connectivity index (χ0v) is 9.87. The number of esters is 1. The fourth-order valence-corrected chi connectivity index (χ4v) is 1.17. The van der Waals surface area contributed by atoms with Gasteiger partial charge in [0.15, 0.2) is 6.61 Å². The molecular formula is C11H12F3NO3. The summed E-state index contributed by atoms with van der Waals surface area (Å²) in [7, 11) is 0. The van der Waals surface area contributed by atoms with Crippen molar-refractivity contribution >= 4 is 5.97 Å². The van der Waals surface area contributed by atoms with Crippen molar-refractivity contribution in [2.24, 2.45) is 0 Å². The normalized spacial score (nSPS) is 11.2. The maximum Gasteiger partial charge on any atom is 0.422 e. The second-order valence-corrected chi connectivity index (χ2v) is 3.46. The van der Waals surface area contributed by atoms with Gasteiger partial charge in [-0.2, -0.15) is 13.2 Å². The number of carbonyl (C=O) groups is 1. The summed E-state index contributed by atoms with van der Waals surface area (Å²) >= 11 is 0. The van der Waals surface area contributed by atoms with E-state index in [1.165, 1.54) is 13.0 Å². The molecule has 0 aromatic carbocycles. The predicted octanol–water partition coefficient (Wildman–Crippen LogP) is 2.51. The van der Waals surface area contributed by atoms with E-state index in [0.29, 0.717) is 5.56 Å². The molecule has 0 aliphatic heterocycles. The van der Waals surface area contributed by atoms with Crippen LogP contribution in [-0.4, -0.2) is 30.3 Å². The zero-order chi connectivity index (χ0) is 13.8. The van der Waals surface area contributed by atoms with E-state index in [1.807, 2.05) is 0 Å². The van der Waals surface area contributed by atoms with Gasteiger partial charge in [0.05, 0.1) is 12.8 Å². The fraction of sp³-hybridized carbons (Fsp3) is 0.455. The number of halogens is 3. The Morgan fingerprint density at radius 2 is 2.11 bits per heavy atom. The number of hydrogen-bond acceptors (Lipinski definition) is 4. The molecule has 0 aliphatic carbocycles. The third kappa shape index (κ3) is 4.23. The van der Waals surface area contributed by atoms with E-state index < -0.39 is 18.8 Å². The summed E-state index contributed by atoms with van der Waals surface area (Å²) < 4.78 is 45.2. The highest BCUT2D eigenvalue weighted by Crippen LogP contribution is 2.21. The highest BCUT2D eigenvalue weighted by Gasteiger charge is 2.28. The molecule has 4 nitrogen and oxygen atoms in total. The van der Waals surface area contributed by atoms with Gasteiger partial charge in [-0.25, -0.2) is 9.78 Å². The number of alkyl halides is 3. The summed E-state index contributed by atoms with van der Waals surface area (Å²) in [5, 5.41) is 0. The number of aromatic nitrogens is 1. The minimum absolute atomic E-state index is 0.0135. The summed E-state index contributed by atoms with van der Waals surface area (Å²) in [4.78, 5) is 15.0. The Labute approximate surface area is 102 Å². The Kier molecular flexibility index (Phi) is 4.52. The number of ether oxygens (including phenoxy) is 2. The van der Waals surface area contributed by atoms with Gasteiger partial charge in [0, 0.05) is 0 Å². The van der Waals surface area contributed by atoms with Gasteiger partial charge in [-0.3, -0.25) is 0 Å². The van der Waals surface area contributed by atoms with Crippen LogP contribution in [0.15, 0.2) is 12.3 Å². The first kappa shape index (κ1) is 14.3. The molecule has 0 spiro atoms. The third-order valence-electron chi connectivity index (χ3n) is 1.94. The highest BCUT2D eigenvalue weighted by molar-refractivity contribution is 5.87. The third-order valence-corrected chi connectivity index (χ3v) is 1.94. The lowest BCUT2D eigenvalue weighted by molar-refractivity contribution is -0.153. The monoisotopic (exact) mass is 263 g/mol. The molecule has 0 unspecified atom stereocenters. The molecule has 0 bridgehead atoms. The molecule has 0 saturated heterocycles. The van der Waals surface area contributed by atoms with Crippen molar-refractivity contribution in [3.8, 4) is 5.75 Å². The number of rotatable bonds is 4. The van der Waals surface area contributed by atoms with Gasteiger partial charge in [-0.15, -0.1) is 0 Å². The molecule has 0 amide bonds. The number of nitrogens with zero attached hydrogens (tertiary/aromatic N) is 1. The van der Waals surface area contributed by atoms with Crippen LogP contribution in [0.2, 0.25) is 0 Å².